The maximum atomic E-state index is 13.7. The second-order valence-electron chi connectivity index (χ2n) is 7.88. The number of nitrogens with zero attached hydrogens (tertiary/aromatic N) is 2. The van der Waals surface area contributed by atoms with E-state index >= 15 is 0 Å². The van der Waals surface area contributed by atoms with Crippen molar-refractivity contribution < 1.29 is 19.1 Å². The predicted octanol–water partition coefficient (Wildman–Crippen LogP) is 4.01. The Hall–Kier alpha value is -2.54. The number of rotatable bonds is 6. The monoisotopic (exact) mass is 428 g/mol. The standard InChI is InChI=1S/C23H28N2O4S/c1-28-19-11-10-16(13-20(19)29-2)22-23(27)24(17-7-4-3-5-8-17)15-21(26)25(22)14-18-9-6-12-30-18/h6,9-13,17,22H,3-5,7-8,14-15H2,1-2H3/t22-/m1/s1. The lowest BCUT2D eigenvalue weighted by Gasteiger charge is -2.44. The summed E-state index contributed by atoms with van der Waals surface area (Å²) in [6, 6.07) is 8.95. The van der Waals surface area contributed by atoms with Gasteiger partial charge in [-0.2, -0.15) is 0 Å². The summed E-state index contributed by atoms with van der Waals surface area (Å²) in [7, 11) is 3.16. The van der Waals surface area contributed by atoms with Crippen LogP contribution in [-0.2, 0) is 16.1 Å². The fourth-order valence-corrected chi connectivity index (χ4v) is 5.25. The van der Waals surface area contributed by atoms with Crippen LogP contribution in [0, 0.1) is 0 Å². The number of benzene rings is 1. The Kier molecular flexibility index (Phi) is 6.27. The number of hydrogen-bond donors (Lipinski definition) is 0. The predicted molar refractivity (Wildman–Crippen MR) is 116 cm³/mol. The van der Waals surface area contributed by atoms with E-state index in [2.05, 4.69) is 0 Å². The van der Waals surface area contributed by atoms with Gasteiger partial charge in [-0.1, -0.05) is 31.4 Å². The highest BCUT2D eigenvalue weighted by molar-refractivity contribution is 7.09. The molecular formula is C23H28N2O4S. The van der Waals surface area contributed by atoms with Crippen LogP contribution >= 0.6 is 11.3 Å². The van der Waals surface area contributed by atoms with Gasteiger partial charge in [-0.05, 0) is 42.0 Å². The minimum absolute atomic E-state index is 0.00489. The zero-order chi connectivity index (χ0) is 21.1. The zero-order valence-electron chi connectivity index (χ0n) is 17.5. The van der Waals surface area contributed by atoms with Crippen LogP contribution in [0.3, 0.4) is 0 Å². The van der Waals surface area contributed by atoms with Crippen molar-refractivity contribution in [1.29, 1.82) is 0 Å². The molecule has 1 saturated heterocycles. The Morgan fingerprint density at radius 2 is 1.80 bits per heavy atom. The topological polar surface area (TPSA) is 59.1 Å². The fraction of sp³-hybridized carbons (Fsp3) is 0.478. The first-order valence-electron chi connectivity index (χ1n) is 10.5. The molecule has 6 nitrogen and oxygen atoms in total. The first-order valence-corrected chi connectivity index (χ1v) is 11.3. The molecule has 4 rings (SSSR count). The highest BCUT2D eigenvalue weighted by atomic mass is 32.1. The van der Waals surface area contributed by atoms with Crippen LogP contribution in [0.5, 0.6) is 11.5 Å². The van der Waals surface area contributed by atoms with Crippen molar-refractivity contribution >= 4 is 23.2 Å². The molecule has 2 aromatic rings. The number of amides is 2. The Morgan fingerprint density at radius 1 is 1.03 bits per heavy atom. The van der Waals surface area contributed by atoms with Crippen LogP contribution in [0.1, 0.15) is 48.6 Å². The highest BCUT2D eigenvalue weighted by Crippen LogP contribution is 2.37. The number of hydrogen-bond acceptors (Lipinski definition) is 5. The van der Waals surface area contributed by atoms with Gasteiger partial charge >= 0.3 is 0 Å². The molecule has 0 bridgehead atoms. The molecule has 0 radical (unpaired) electrons. The van der Waals surface area contributed by atoms with E-state index in [0.29, 0.717) is 18.0 Å². The van der Waals surface area contributed by atoms with Crippen LogP contribution in [0.25, 0.3) is 0 Å². The number of thiophene rings is 1. The second kappa shape index (κ2) is 9.08. The van der Waals surface area contributed by atoms with E-state index in [9.17, 15) is 9.59 Å². The minimum atomic E-state index is -0.657. The maximum absolute atomic E-state index is 13.7. The van der Waals surface area contributed by atoms with Crippen LogP contribution in [0.2, 0.25) is 0 Å². The number of carbonyl (C=O) groups excluding carboxylic acids is 2. The van der Waals surface area contributed by atoms with Gasteiger partial charge in [0, 0.05) is 10.9 Å². The Bertz CT molecular complexity index is 893. The van der Waals surface area contributed by atoms with E-state index < -0.39 is 6.04 Å². The molecule has 0 N–H and O–H groups in total. The van der Waals surface area contributed by atoms with E-state index in [1.165, 1.54) is 6.42 Å². The van der Waals surface area contributed by atoms with Gasteiger partial charge < -0.3 is 19.3 Å². The largest absolute Gasteiger partial charge is 0.493 e. The number of piperazine rings is 1. The van der Waals surface area contributed by atoms with Gasteiger partial charge in [0.1, 0.15) is 12.6 Å². The molecule has 1 aromatic heterocycles. The summed E-state index contributed by atoms with van der Waals surface area (Å²) < 4.78 is 10.8. The number of methoxy groups -OCH3 is 2. The van der Waals surface area contributed by atoms with Gasteiger partial charge in [0.2, 0.25) is 5.91 Å². The van der Waals surface area contributed by atoms with Gasteiger partial charge in [0.15, 0.2) is 11.5 Å². The quantitative estimate of drug-likeness (QED) is 0.698. The molecular weight excluding hydrogens is 400 g/mol. The van der Waals surface area contributed by atoms with Crippen LogP contribution < -0.4 is 9.47 Å². The summed E-state index contributed by atoms with van der Waals surface area (Å²) in [5, 5.41) is 1.99. The third-order valence-corrected chi connectivity index (χ3v) is 6.96. The van der Waals surface area contributed by atoms with Crippen molar-refractivity contribution in [2.75, 3.05) is 20.8 Å². The van der Waals surface area contributed by atoms with Crippen molar-refractivity contribution in [3.8, 4) is 11.5 Å². The molecule has 7 heteroatoms. The van der Waals surface area contributed by atoms with E-state index in [-0.39, 0.29) is 24.4 Å². The molecule has 2 amide bonds. The Labute approximate surface area is 181 Å². The molecule has 2 fully saturated rings. The summed E-state index contributed by atoms with van der Waals surface area (Å²) in [6.07, 6.45) is 5.38. The smallest absolute Gasteiger partial charge is 0.250 e. The average Bonchev–Trinajstić information content (AvgIpc) is 3.29. The Balaban J connectivity index is 1.71. The van der Waals surface area contributed by atoms with E-state index in [1.807, 2.05) is 34.5 Å². The van der Waals surface area contributed by atoms with Crippen molar-refractivity contribution in [1.82, 2.24) is 9.80 Å². The van der Waals surface area contributed by atoms with Gasteiger partial charge in [-0.3, -0.25) is 9.59 Å². The second-order valence-corrected chi connectivity index (χ2v) is 8.91. The van der Waals surface area contributed by atoms with Crippen molar-refractivity contribution in [3.63, 3.8) is 0 Å². The molecule has 160 valence electrons. The van der Waals surface area contributed by atoms with E-state index in [0.717, 1.165) is 36.1 Å². The molecule has 30 heavy (non-hydrogen) atoms. The summed E-state index contributed by atoms with van der Waals surface area (Å²) in [5.41, 5.74) is 0.753. The lowest BCUT2D eigenvalue weighted by atomic mass is 9.91. The SMILES string of the molecule is COc1ccc([C@@H]2C(=O)N(C3CCCCC3)CC(=O)N2Cc2cccs2)cc1OC. The zero-order valence-corrected chi connectivity index (χ0v) is 18.3. The number of ether oxygens (including phenoxy) is 2. The molecule has 1 atom stereocenters. The first-order chi connectivity index (χ1) is 14.6. The molecule has 0 unspecified atom stereocenters. The normalized spacial score (nSPS) is 20.5. The molecule has 1 aliphatic heterocycles. The van der Waals surface area contributed by atoms with Crippen molar-refractivity contribution in [2.45, 2.75) is 50.7 Å². The third kappa shape index (κ3) is 4.03. The Morgan fingerprint density at radius 3 is 2.47 bits per heavy atom. The van der Waals surface area contributed by atoms with E-state index in [1.54, 1.807) is 36.5 Å². The third-order valence-electron chi connectivity index (χ3n) is 6.10. The van der Waals surface area contributed by atoms with Crippen LogP contribution in [-0.4, -0.2) is 48.4 Å². The fourth-order valence-electron chi connectivity index (χ4n) is 4.55. The van der Waals surface area contributed by atoms with E-state index in [4.69, 9.17) is 9.47 Å². The van der Waals surface area contributed by atoms with Gasteiger partial charge in [0.05, 0.1) is 20.8 Å². The van der Waals surface area contributed by atoms with Crippen LogP contribution in [0.15, 0.2) is 35.7 Å². The summed E-state index contributed by atoms with van der Waals surface area (Å²) in [6.45, 7) is 0.596. The average molecular weight is 429 g/mol. The molecule has 1 aromatic carbocycles. The number of carbonyl (C=O) groups is 2. The highest BCUT2D eigenvalue weighted by Gasteiger charge is 2.43. The van der Waals surface area contributed by atoms with Gasteiger partial charge in [0.25, 0.3) is 5.91 Å². The molecule has 1 saturated carbocycles. The lowest BCUT2D eigenvalue weighted by Crippen LogP contribution is -2.58. The van der Waals surface area contributed by atoms with Gasteiger partial charge in [-0.15, -0.1) is 11.3 Å². The van der Waals surface area contributed by atoms with Crippen molar-refractivity contribution in [3.05, 3.63) is 46.2 Å². The van der Waals surface area contributed by atoms with Crippen molar-refractivity contribution in [2.24, 2.45) is 0 Å². The van der Waals surface area contributed by atoms with Crippen LogP contribution in [0.4, 0.5) is 0 Å². The molecule has 0 spiro atoms. The summed E-state index contributed by atoms with van der Waals surface area (Å²) in [4.78, 5) is 31.6. The molecule has 2 heterocycles. The minimum Gasteiger partial charge on any atom is -0.493 e. The lowest BCUT2D eigenvalue weighted by molar-refractivity contribution is -0.159. The van der Waals surface area contributed by atoms with Gasteiger partial charge in [-0.25, -0.2) is 0 Å². The maximum Gasteiger partial charge on any atom is 0.250 e. The summed E-state index contributed by atoms with van der Waals surface area (Å²) >= 11 is 1.60. The molecule has 2 aliphatic rings. The summed E-state index contributed by atoms with van der Waals surface area (Å²) in [5.74, 6) is 1.16. The molecule has 1 aliphatic carbocycles. The first kappa shape index (κ1) is 20.7.